The number of amides is 1. The van der Waals surface area contributed by atoms with E-state index >= 15 is 0 Å². The zero-order chi connectivity index (χ0) is 11.4. The van der Waals surface area contributed by atoms with Gasteiger partial charge in [0.25, 0.3) is 0 Å². The molecule has 0 aliphatic rings. The molecule has 0 bridgehead atoms. The van der Waals surface area contributed by atoms with Crippen LogP contribution in [0.3, 0.4) is 0 Å². The van der Waals surface area contributed by atoms with Crippen molar-refractivity contribution in [1.82, 2.24) is 5.32 Å². The topological polar surface area (TPSA) is 49.0 Å². The van der Waals surface area contributed by atoms with Crippen molar-refractivity contribution in [2.75, 3.05) is 13.2 Å². The van der Waals surface area contributed by atoms with E-state index in [9.17, 15) is 9.90 Å². The van der Waals surface area contributed by atoms with Crippen molar-refractivity contribution in [2.24, 2.45) is 0 Å². The summed E-state index contributed by atoms with van der Waals surface area (Å²) < 4.78 is 0. The highest BCUT2D eigenvalue weighted by molar-refractivity contribution is 5.75. The van der Waals surface area contributed by atoms with Gasteiger partial charge in [-0.1, -0.05) is 32.6 Å². The fourth-order valence-corrected chi connectivity index (χ4v) is 1.43. The molecule has 0 atom stereocenters. The number of carbonyl (C=O) groups excluding carboxylic acids is 1. The number of nitrogens with one attached hydrogen (secondary N) is 1. The molecule has 0 aromatic rings. The van der Waals surface area contributed by atoms with Crippen LogP contribution in [-0.2, 0) is 9.90 Å². The highest BCUT2D eigenvalue weighted by Gasteiger charge is 1.99. The van der Waals surface area contributed by atoms with Crippen molar-refractivity contribution in [3.63, 3.8) is 0 Å². The predicted octanol–water partition coefficient (Wildman–Crippen LogP) is 2.67. The van der Waals surface area contributed by atoms with Gasteiger partial charge in [0.1, 0.15) is 0 Å². The van der Waals surface area contributed by atoms with Crippen LogP contribution in [0.25, 0.3) is 0 Å². The fourth-order valence-electron chi connectivity index (χ4n) is 1.43. The average Bonchev–Trinajstić information content (AvgIpc) is 2.24. The summed E-state index contributed by atoms with van der Waals surface area (Å²) in [5, 5.41) is 13.0. The Morgan fingerprint density at radius 2 is 1.73 bits per heavy atom. The van der Waals surface area contributed by atoms with Crippen LogP contribution in [0.5, 0.6) is 0 Å². The Labute approximate surface area is 93.3 Å². The summed E-state index contributed by atoms with van der Waals surface area (Å²) >= 11 is 0. The molecule has 0 fully saturated rings. The lowest BCUT2D eigenvalue weighted by Gasteiger charge is -2.04. The number of hydrogen-bond acceptors (Lipinski definition) is 1. The first kappa shape index (κ1) is 14.4. The second-order valence-corrected chi connectivity index (χ2v) is 3.93. The zero-order valence-corrected chi connectivity index (χ0v) is 9.89. The minimum atomic E-state index is -0.0152. The SMILES string of the molecule is CCCCCCNC(=O)CCCCC[O]. The first-order valence-electron chi connectivity index (χ1n) is 6.16. The molecule has 3 nitrogen and oxygen atoms in total. The third-order valence-corrected chi connectivity index (χ3v) is 2.40. The van der Waals surface area contributed by atoms with Crippen LogP contribution in [-0.4, -0.2) is 19.1 Å². The lowest BCUT2D eigenvalue weighted by Crippen LogP contribution is -2.23. The molecule has 0 saturated carbocycles. The first-order chi connectivity index (χ1) is 7.31. The summed E-state index contributed by atoms with van der Waals surface area (Å²) in [4.78, 5) is 11.2. The summed E-state index contributed by atoms with van der Waals surface area (Å²) in [6.45, 7) is 2.97. The molecular weight excluding hydrogens is 190 g/mol. The van der Waals surface area contributed by atoms with Crippen molar-refractivity contribution >= 4 is 5.91 Å². The number of rotatable bonds is 10. The van der Waals surface area contributed by atoms with Gasteiger partial charge < -0.3 is 5.32 Å². The summed E-state index contributed by atoms with van der Waals surface area (Å²) in [7, 11) is 0. The molecule has 0 aromatic carbocycles. The van der Waals surface area contributed by atoms with Gasteiger partial charge in [0.05, 0.1) is 6.61 Å². The van der Waals surface area contributed by atoms with Gasteiger partial charge >= 0.3 is 0 Å². The van der Waals surface area contributed by atoms with E-state index in [1.807, 2.05) is 0 Å². The standard InChI is InChI=1S/C12H24NO2/c1-2-3-4-7-10-13-12(15)9-6-5-8-11-14/h2-11H2,1H3,(H,13,15). The fraction of sp³-hybridized carbons (Fsp3) is 0.917. The Balaban J connectivity index is 3.11. The normalized spacial score (nSPS) is 10.3. The highest BCUT2D eigenvalue weighted by Crippen LogP contribution is 2.00. The molecule has 1 N–H and O–H groups in total. The van der Waals surface area contributed by atoms with E-state index in [0.29, 0.717) is 12.8 Å². The van der Waals surface area contributed by atoms with Gasteiger partial charge in [0, 0.05) is 13.0 Å². The van der Waals surface area contributed by atoms with Crippen LogP contribution in [0, 0.1) is 0 Å². The largest absolute Gasteiger partial charge is 0.356 e. The van der Waals surface area contributed by atoms with Crippen LogP contribution >= 0.6 is 0 Å². The molecule has 89 valence electrons. The molecule has 0 saturated heterocycles. The van der Waals surface area contributed by atoms with Crippen molar-refractivity contribution in [3.05, 3.63) is 0 Å². The first-order valence-corrected chi connectivity index (χ1v) is 6.16. The molecule has 1 radical (unpaired) electrons. The number of unbranched alkanes of at least 4 members (excludes halogenated alkanes) is 5. The molecule has 0 aliphatic carbocycles. The summed E-state index contributed by atoms with van der Waals surface area (Å²) in [5.74, 6) is 0.136. The van der Waals surface area contributed by atoms with Crippen LogP contribution in [0.2, 0.25) is 0 Å². The molecule has 15 heavy (non-hydrogen) atoms. The smallest absolute Gasteiger partial charge is 0.219 e. The molecule has 0 aromatic heterocycles. The van der Waals surface area contributed by atoms with Crippen LogP contribution in [0.4, 0.5) is 0 Å². The van der Waals surface area contributed by atoms with E-state index in [2.05, 4.69) is 12.2 Å². The number of carbonyl (C=O) groups is 1. The van der Waals surface area contributed by atoms with Crippen molar-refractivity contribution in [1.29, 1.82) is 0 Å². The van der Waals surface area contributed by atoms with Crippen molar-refractivity contribution in [2.45, 2.75) is 58.3 Å². The van der Waals surface area contributed by atoms with Gasteiger partial charge in [-0.3, -0.25) is 4.79 Å². The lowest BCUT2D eigenvalue weighted by molar-refractivity contribution is -0.121. The van der Waals surface area contributed by atoms with E-state index in [1.165, 1.54) is 19.3 Å². The van der Waals surface area contributed by atoms with Gasteiger partial charge in [-0.25, -0.2) is 5.11 Å². The molecule has 0 rings (SSSR count). The molecule has 1 amide bonds. The van der Waals surface area contributed by atoms with Crippen molar-refractivity contribution < 1.29 is 9.90 Å². The maximum absolute atomic E-state index is 11.2. The molecule has 3 heteroatoms. The second kappa shape index (κ2) is 11.5. The van der Waals surface area contributed by atoms with Crippen LogP contribution in [0.15, 0.2) is 0 Å². The Hall–Kier alpha value is -0.570. The van der Waals surface area contributed by atoms with Gasteiger partial charge in [0.2, 0.25) is 5.91 Å². The Kier molecular flexibility index (Phi) is 11.1. The Bertz CT molecular complexity index is 149. The lowest BCUT2D eigenvalue weighted by atomic mass is 10.2. The van der Waals surface area contributed by atoms with E-state index in [4.69, 9.17) is 0 Å². The van der Waals surface area contributed by atoms with E-state index < -0.39 is 0 Å². The highest BCUT2D eigenvalue weighted by atomic mass is 16.2. The molecule has 0 spiro atoms. The van der Waals surface area contributed by atoms with Gasteiger partial charge in [0.15, 0.2) is 0 Å². The monoisotopic (exact) mass is 214 g/mol. The summed E-state index contributed by atoms with van der Waals surface area (Å²) in [6, 6.07) is 0. The second-order valence-electron chi connectivity index (χ2n) is 3.93. The summed E-state index contributed by atoms with van der Waals surface area (Å²) in [6.07, 6.45) is 7.77. The Morgan fingerprint density at radius 3 is 2.40 bits per heavy atom. The molecule has 0 unspecified atom stereocenters. The quantitative estimate of drug-likeness (QED) is 0.558. The van der Waals surface area contributed by atoms with E-state index in [0.717, 1.165) is 25.8 Å². The van der Waals surface area contributed by atoms with E-state index in [-0.39, 0.29) is 12.5 Å². The number of hydrogen-bond donors (Lipinski definition) is 1. The predicted molar refractivity (Wildman–Crippen MR) is 61.2 cm³/mol. The molecule has 0 heterocycles. The average molecular weight is 214 g/mol. The summed E-state index contributed by atoms with van der Waals surface area (Å²) in [5.41, 5.74) is 0. The maximum Gasteiger partial charge on any atom is 0.219 e. The Morgan fingerprint density at radius 1 is 1.00 bits per heavy atom. The minimum Gasteiger partial charge on any atom is -0.356 e. The molecular formula is C12H24NO2. The van der Waals surface area contributed by atoms with Crippen molar-refractivity contribution in [3.8, 4) is 0 Å². The van der Waals surface area contributed by atoms with E-state index in [1.54, 1.807) is 0 Å². The maximum atomic E-state index is 11.2. The molecule has 0 aliphatic heterocycles. The minimum absolute atomic E-state index is 0.0152. The third-order valence-electron chi connectivity index (χ3n) is 2.40. The van der Waals surface area contributed by atoms with Crippen LogP contribution in [0.1, 0.15) is 58.3 Å². The van der Waals surface area contributed by atoms with Gasteiger partial charge in [-0.05, 0) is 19.3 Å². The van der Waals surface area contributed by atoms with Crippen LogP contribution < -0.4 is 5.32 Å². The van der Waals surface area contributed by atoms with Gasteiger partial charge in [-0.15, -0.1) is 0 Å². The third kappa shape index (κ3) is 11.4. The van der Waals surface area contributed by atoms with Gasteiger partial charge in [-0.2, -0.15) is 0 Å². The zero-order valence-electron chi connectivity index (χ0n) is 9.89.